The number of alkyl halides is 3. The molecule has 0 bridgehead atoms. The number of carbonyl (C=O) groups excluding carboxylic acids is 1. The molecule has 0 spiro atoms. The molecule has 1 heterocycles. The summed E-state index contributed by atoms with van der Waals surface area (Å²) in [6.45, 7) is 0.380. The molecule has 26 heavy (non-hydrogen) atoms. The number of ketones is 1. The second-order valence-electron chi connectivity index (χ2n) is 5.42. The van der Waals surface area contributed by atoms with Gasteiger partial charge in [0, 0.05) is 12.1 Å². The van der Waals surface area contributed by atoms with Gasteiger partial charge >= 0.3 is 6.18 Å². The van der Waals surface area contributed by atoms with Crippen LogP contribution < -0.4 is 5.32 Å². The summed E-state index contributed by atoms with van der Waals surface area (Å²) in [4.78, 5) is 16.7. The Hall–Kier alpha value is -2.74. The summed E-state index contributed by atoms with van der Waals surface area (Å²) in [7, 11) is 0. The molecule has 3 aromatic rings. The van der Waals surface area contributed by atoms with Gasteiger partial charge in [-0.05, 0) is 29.8 Å². The van der Waals surface area contributed by atoms with Crippen LogP contribution in [0.2, 0.25) is 0 Å². The maximum atomic E-state index is 12.9. The van der Waals surface area contributed by atoms with E-state index >= 15 is 0 Å². The molecule has 0 fully saturated rings. The smallest absolute Gasteiger partial charge is 0.357 e. The molecule has 1 aromatic heterocycles. The number of hydrogen-bond acceptors (Lipinski definition) is 4. The minimum absolute atomic E-state index is 0.0476. The summed E-state index contributed by atoms with van der Waals surface area (Å²) in [5.41, 5.74) is -0.0940. The summed E-state index contributed by atoms with van der Waals surface area (Å²) in [5.74, 6) is -0.861. The van der Waals surface area contributed by atoms with Gasteiger partial charge in [-0.25, -0.2) is 9.37 Å². The van der Waals surface area contributed by atoms with Crippen LogP contribution in [0.25, 0.3) is 0 Å². The molecule has 0 saturated carbocycles. The third kappa shape index (κ3) is 4.26. The number of nitrogens with zero attached hydrogens (tertiary/aromatic N) is 1. The largest absolute Gasteiger partial charge is 0.416 e. The number of nitrogens with one attached hydrogen (secondary N) is 1. The summed E-state index contributed by atoms with van der Waals surface area (Å²) < 4.78 is 51.2. The Kier molecular flexibility index (Phi) is 5.03. The highest BCUT2D eigenvalue weighted by atomic mass is 32.1. The van der Waals surface area contributed by atoms with Crippen LogP contribution in [0, 0.1) is 5.82 Å². The number of benzene rings is 2. The van der Waals surface area contributed by atoms with Gasteiger partial charge in [0.15, 0.2) is 5.13 Å². The molecule has 0 aliphatic rings. The second-order valence-corrected chi connectivity index (χ2v) is 6.45. The van der Waals surface area contributed by atoms with E-state index in [0.717, 1.165) is 29.0 Å². The maximum Gasteiger partial charge on any atom is 0.416 e. The molecule has 1 N–H and O–H groups in total. The number of hydrogen-bond donors (Lipinski definition) is 1. The van der Waals surface area contributed by atoms with Gasteiger partial charge < -0.3 is 5.32 Å². The van der Waals surface area contributed by atoms with Gasteiger partial charge in [0.1, 0.15) is 5.82 Å². The quantitative estimate of drug-likeness (QED) is 0.492. The predicted molar refractivity (Wildman–Crippen MR) is 90.7 cm³/mol. The Morgan fingerprint density at radius 1 is 1.12 bits per heavy atom. The summed E-state index contributed by atoms with van der Waals surface area (Å²) in [5, 5.41) is 3.44. The number of halogens is 4. The minimum Gasteiger partial charge on any atom is -0.357 e. The molecule has 8 heteroatoms. The summed E-state index contributed by atoms with van der Waals surface area (Å²) in [6, 6.07) is 10.2. The lowest BCUT2D eigenvalue weighted by Crippen LogP contribution is -2.07. The van der Waals surface area contributed by atoms with Gasteiger partial charge in [-0.1, -0.05) is 35.6 Å². The topological polar surface area (TPSA) is 42.0 Å². The van der Waals surface area contributed by atoms with E-state index in [-0.39, 0.29) is 16.3 Å². The molecule has 0 atom stereocenters. The molecule has 3 nitrogen and oxygen atoms in total. The zero-order chi connectivity index (χ0) is 18.7. The molecule has 0 aliphatic carbocycles. The maximum absolute atomic E-state index is 12.9. The number of rotatable bonds is 5. The predicted octanol–water partition coefficient (Wildman–Crippen LogP) is 5.14. The van der Waals surface area contributed by atoms with E-state index in [1.807, 2.05) is 0 Å². The second kappa shape index (κ2) is 7.25. The monoisotopic (exact) mass is 380 g/mol. The Morgan fingerprint density at radius 3 is 2.54 bits per heavy atom. The van der Waals surface area contributed by atoms with Crippen LogP contribution in [-0.2, 0) is 12.7 Å². The van der Waals surface area contributed by atoms with E-state index in [1.54, 1.807) is 12.1 Å². The molecule has 2 aromatic carbocycles. The zero-order valence-electron chi connectivity index (χ0n) is 13.2. The molecular weight excluding hydrogens is 368 g/mol. The SMILES string of the molecule is O=C(c1cccc(C(F)(F)F)c1)c1cnc(NCc2ccc(F)cc2)s1. The molecule has 0 amide bonds. The van der Waals surface area contributed by atoms with Gasteiger partial charge in [-0.3, -0.25) is 4.79 Å². The van der Waals surface area contributed by atoms with Crippen molar-refractivity contribution in [3.05, 3.63) is 82.1 Å². The van der Waals surface area contributed by atoms with Crippen LogP contribution in [0.15, 0.2) is 54.7 Å². The molecule has 0 saturated heterocycles. The average molecular weight is 380 g/mol. The van der Waals surface area contributed by atoms with Gasteiger partial charge in [0.2, 0.25) is 5.78 Å². The Balaban J connectivity index is 1.71. The van der Waals surface area contributed by atoms with Crippen molar-refractivity contribution in [3.8, 4) is 0 Å². The third-order valence-corrected chi connectivity index (χ3v) is 4.49. The molecular formula is C18H12F4N2OS. The van der Waals surface area contributed by atoms with Crippen LogP contribution in [-0.4, -0.2) is 10.8 Å². The highest BCUT2D eigenvalue weighted by Crippen LogP contribution is 2.30. The molecule has 0 radical (unpaired) electrons. The zero-order valence-corrected chi connectivity index (χ0v) is 14.0. The fourth-order valence-corrected chi connectivity index (χ4v) is 2.99. The first kappa shape index (κ1) is 18.1. The summed E-state index contributed by atoms with van der Waals surface area (Å²) in [6.07, 6.45) is -3.19. The lowest BCUT2D eigenvalue weighted by atomic mass is 10.1. The fraction of sp³-hybridized carbons (Fsp3) is 0.111. The molecule has 3 rings (SSSR count). The molecule has 0 aliphatic heterocycles. The van der Waals surface area contributed by atoms with Gasteiger partial charge in [-0.15, -0.1) is 0 Å². The lowest BCUT2D eigenvalue weighted by molar-refractivity contribution is -0.137. The van der Waals surface area contributed by atoms with Crippen molar-refractivity contribution in [2.24, 2.45) is 0 Å². The van der Waals surface area contributed by atoms with Crippen LogP contribution in [0.5, 0.6) is 0 Å². The highest BCUT2D eigenvalue weighted by Gasteiger charge is 2.31. The average Bonchev–Trinajstić information content (AvgIpc) is 3.09. The highest BCUT2D eigenvalue weighted by molar-refractivity contribution is 7.17. The van der Waals surface area contributed by atoms with E-state index < -0.39 is 17.5 Å². The first-order chi connectivity index (χ1) is 12.3. The van der Waals surface area contributed by atoms with Crippen molar-refractivity contribution in [3.63, 3.8) is 0 Å². The van der Waals surface area contributed by atoms with Crippen molar-refractivity contribution < 1.29 is 22.4 Å². The van der Waals surface area contributed by atoms with Crippen molar-refractivity contribution in [1.29, 1.82) is 0 Å². The van der Waals surface area contributed by atoms with Crippen molar-refractivity contribution in [2.45, 2.75) is 12.7 Å². The number of carbonyl (C=O) groups is 1. The van der Waals surface area contributed by atoms with Crippen molar-refractivity contribution >= 4 is 22.3 Å². The van der Waals surface area contributed by atoms with Crippen LogP contribution in [0.3, 0.4) is 0 Å². The molecule has 0 unspecified atom stereocenters. The van der Waals surface area contributed by atoms with E-state index in [0.29, 0.717) is 11.7 Å². The van der Waals surface area contributed by atoms with Crippen molar-refractivity contribution in [2.75, 3.05) is 5.32 Å². The Bertz CT molecular complexity index is 919. The fourth-order valence-electron chi connectivity index (χ4n) is 2.22. The van der Waals surface area contributed by atoms with Crippen molar-refractivity contribution in [1.82, 2.24) is 4.98 Å². The number of aromatic nitrogens is 1. The van der Waals surface area contributed by atoms with Gasteiger partial charge in [0.25, 0.3) is 0 Å². The van der Waals surface area contributed by atoms with E-state index in [2.05, 4.69) is 10.3 Å². The van der Waals surface area contributed by atoms with Gasteiger partial charge in [-0.2, -0.15) is 13.2 Å². The lowest BCUT2D eigenvalue weighted by Gasteiger charge is -2.07. The normalized spacial score (nSPS) is 11.4. The first-order valence-electron chi connectivity index (χ1n) is 7.49. The minimum atomic E-state index is -4.51. The Labute approximate surface area is 150 Å². The number of anilines is 1. The van der Waals surface area contributed by atoms with Gasteiger partial charge in [0.05, 0.1) is 16.6 Å². The Morgan fingerprint density at radius 2 is 1.85 bits per heavy atom. The van der Waals surface area contributed by atoms with Crippen LogP contribution in [0.4, 0.5) is 22.7 Å². The van der Waals surface area contributed by atoms with E-state index in [1.165, 1.54) is 30.5 Å². The first-order valence-corrected chi connectivity index (χ1v) is 8.31. The third-order valence-electron chi connectivity index (χ3n) is 3.54. The number of thiazole rings is 1. The molecule has 134 valence electrons. The summed E-state index contributed by atoms with van der Waals surface area (Å²) >= 11 is 1.04. The van der Waals surface area contributed by atoms with E-state index in [4.69, 9.17) is 0 Å². The van der Waals surface area contributed by atoms with E-state index in [9.17, 15) is 22.4 Å². The standard InChI is InChI=1S/C18H12F4N2OS/c19-14-6-4-11(5-7-14)9-23-17-24-10-15(26-17)16(25)12-2-1-3-13(8-12)18(20,21)22/h1-8,10H,9H2,(H,23,24). The van der Waals surface area contributed by atoms with Crippen LogP contribution >= 0.6 is 11.3 Å². The van der Waals surface area contributed by atoms with Crippen LogP contribution in [0.1, 0.15) is 26.4 Å².